The zero-order valence-corrected chi connectivity index (χ0v) is 18.7. The topological polar surface area (TPSA) is 67.6 Å². The van der Waals surface area contributed by atoms with E-state index >= 15 is 0 Å². The molecule has 3 aromatic rings. The van der Waals surface area contributed by atoms with Gasteiger partial charge in [0, 0.05) is 24.4 Å². The van der Waals surface area contributed by atoms with Crippen molar-refractivity contribution < 1.29 is 14.6 Å². The Morgan fingerprint density at radius 1 is 1.16 bits per heavy atom. The van der Waals surface area contributed by atoms with Gasteiger partial charge in [-0.25, -0.2) is 4.98 Å². The molecule has 2 atom stereocenters. The molecule has 6 heteroatoms. The van der Waals surface area contributed by atoms with Crippen molar-refractivity contribution in [3.63, 3.8) is 0 Å². The molecule has 0 bridgehead atoms. The Bertz CT molecular complexity index is 1080. The maximum atomic E-state index is 12.7. The summed E-state index contributed by atoms with van der Waals surface area (Å²) in [6.45, 7) is 9.36. The Morgan fingerprint density at radius 3 is 2.58 bits per heavy atom. The van der Waals surface area contributed by atoms with Crippen molar-refractivity contribution in [2.24, 2.45) is 0 Å². The van der Waals surface area contributed by atoms with E-state index in [4.69, 9.17) is 9.72 Å². The van der Waals surface area contributed by atoms with Crippen molar-refractivity contribution in [2.75, 3.05) is 13.2 Å². The maximum absolute atomic E-state index is 12.7. The number of aromatic nitrogens is 2. The van der Waals surface area contributed by atoms with Gasteiger partial charge in [0.1, 0.15) is 24.3 Å². The SMILES string of the molecule is Cc1ccccc1OC[C@@H](O)Cn1c([C@H]2CC(=O)N(C(C)(C)C)C2)nc2ccccc21. The van der Waals surface area contributed by atoms with Crippen molar-refractivity contribution in [1.82, 2.24) is 14.5 Å². The molecule has 0 aliphatic carbocycles. The number of ether oxygens (including phenoxy) is 1. The predicted octanol–water partition coefficient (Wildman–Crippen LogP) is 3.90. The first-order valence-electron chi connectivity index (χ1n) is 10.9. The molecule has 2 heterocycles. The number of aliphatic hydroxyl groups is 1. The van der Waals surface area contributed by atoms with Gasteiger partial charge in [0.2, 0.25) is 5.91 Å². The Hall–Kier alpha value is -2.86. The average Bonchev–Trinajstić information content (AvgIpc) is 3.28. The second-order valence-electron chi connectivity index (χ2n) is 9.38. The molecule has 4 rings (SSSR count). The van der Waals surface area contributed by atoms with Gasteiger partial charge in [0.05, 0.1) is 17.6 Å². The molecular formula is C25H31N3O3. The number of carbonyl (C=O) groups is 1. The van der Waals surface area contributed by atoms with E-state index in [1.807, 2.05) is 60.4 Å². The summed E-state index contributed by atoms with van der Waals surface area (Å²) in [5, 5.41) is 10.8. The van der Waals surface area contributed by atoms with Crippen LogP contribution < -0.4 is 4.74 Å². The summed E-state index contributed by atoms with van der Waals surface area (Å²) in [5.74, 6) is 1.79. The summed E-state index contributed by atoms with van der Waals surface area (Å²) in [7, 11) is 0. The molecule has 0 spiro atoms. The van der Waals surface area contributed by atoms with Crippen LogP contribution in [-0.2, 0) is 11.3 Å². The monoisotopic (exact) mass is 421 g/mol. The lowest BCUT2D eigenvalue weighted by Crippen LogP contribution is -2.42. The molecule has 1 amide bonds. The number of hydrogen-bond donors (Lipinski definition) is 1. The first-order chi connectivity index (χ1) is 14.7. The van der Waals surface area contributed by atoms with Crippen LogP contribution in [0.3, 0.4) is 0 Å². The number of nitrogens with zero attached hydrogens (tertiary/aromatic N) is 3. The van der Waals surface area contributed by atoms with E-state index in [0.717, 1.165) is 28.2 Å². The summed E-state index contributed by atoms with van der Waals surface area (Å²) in [6.07, 6.45) is -0.261. The molecule has 6 nitrogen and oxygen atoms in total. The number of hydrogen-bond acceptors (Lipinski definition) is 4. The third kappa shape index (κ3) is 4.44. The first kappa shape index (κ1) is 21.4. The van der Waals surface area contributed by atoms with Crippen LogP contribution >= 0.6 is 0 Å². The maximum Gasteiger partial charge on any atom is 0.223 e. The predicted molar refractivity (Wildman–Crippen MR) is 121 cm³/mol. The number of benzene rings is 2. The summed E-state index contributed by atoms with van der Waals surface area (Å²) in [6, 6.07) is 15.7. The Labute approximate surface area is 183 Å². The highest BCUT2D eigenvalue weighted by atomic mass is 16.5. The first-order valence-corrected chi connectivity index (χ1v) is 10.9. The number of para-hydroxylation sites is 3. The molecule has 1 aromatic heterocycles. The standard InChI is InChI=1S/C25H31N3O3/c1-17-9-5-8-12-22(17)31-16-19(29)15-27-21-11-7-6-10-20(21)26-24(27)18-13-23(30)28(14-18)25(2,3)4/h5-12,18-19,29H,13-16H2,1-4H3/t18-,19-/m0/s1. The third-order valence-electron chi connectivity index (χ3n) is 5.90. The normalized spacial score (nSPS) is 18.0. The number of carbonyl (C=O) groups excluding carboxylic acids is 1. The molecule has 0 saturated carbocycles. The van der Waals surface area contributed by atoms with Gasteiger partial charge in [-0.3, -0.25) is 4.79 Å². The molecule has 1 aliphatic rings. The summed E-state index contributed by atoms with van der Waals surface area (Å²) in [4.78, 5) is 19.5. The summed E-state index contributed by atoms with van der Waals surface area (Å²) < 4.78 is 7.92. The number of likely N-dealkylation sites (tertiary alicyclic amines) is 1. The number of amides is 1. The fourth-order valence-electron chi connectivity index (χ4n) is 4.29. The lowest BCUT2D eigenvalue weighted by atomic mass is 10.1. The van der Waals surface area contributed by atoms with Crippen LogP contribution in [0.2, 0.25) is 0 Å². The Balaban J connectivity index is 1.57. The number of aryl methyl sites for hydroxylation is 1. The number of imidazole rings is 1. The fourth-order valence-corrected chi connectivity index (χ4v) is 4.29. The van der Waals surface area contributed by atoms with Crippen molar-refractivity contribution in [1.29, 1.82) is 0 Å². The third-order valence-corrected chi connectivity index (χ3v) is 5.90. The van der Waals surface area contributed by atoms with Gasteiger partial charge in [-0.05, 0) is 51.5 Å². The lowest BCUT2D eigenvalue weighted by molar-refractivity contribution is -0.131. The van der Waals surface area contributed by atoms with Gasteiger partial charge in [0.25, 0.3) is 0 Å². The van der Waals surface area contributed by atoms with Gasteiger partial charge < -0.3 is 19.3 Å². The van der Waals surface area contributed by atoms with Crippen LogP contribution in [0.25, 0.3) is 11.0 Å². The van der Waals surface area contributed by atoms with Crippen molar-refractivity contribution >= 4 is 16.9 Å². The quantitative estimate of drug-likeness (QED) is 0.656. The second kappa shape index (κ2) is 8.35. The molecule has 1 N–H and O–H groups in total. The van der Waals surface area contributed by atoms with Crippen molar-refractivity contribution in [2.45, 2.75) is 58.2 Å². The molecule has 31 heavy (non-hydrogen) atoms. The second-order valence-corrected chi connectivity index (χ2v) is 9.38. The average molecular weight is 422 g/mol. The van der Waals surface area contributed by atoms with Gasteiger partial charge in [-0.15, -0.1) is 0 Å². The molecular weight excluding hydrogens is 390 g/mol. The Morgan fingerprint density at radius 2 is 1.87 bits per heavy atom. The van der Waals surface area contributed by atoms with E-state index in [9.17, 15) is 9.90 Å². The molecule has 2 aromatic carbocycles. The van der Waals surface area contributed by atoms with Crippen LogP contribution in [0.1, 0.15) is 44.5 Å². The van der Waals surface area contributed by atoms with Gasteiger partial charge in [0.15, 0.2) is 0 Å². The molecule has 1 fully saturated rings. The lowest BCUT2D eigenvalue weighted by Gasteiger charge is -2.32. The minimum atomic E-state index is -0.702. The fraction of sp³-hybridized carbons (Fsp3) is 0.440. The highest BCUT2D eigenvalue weighted by Gasteiger charge is 2.39. The molecule has 0 unspecified atom stereocenters. The Kier molecular flexibility index (Phi) is 5.75. The van der Waals surface area contributed by atoms with E-state index in [0.29, 0.717) is 19.5 Å². The van der Waals surface area contributed by atoms with E-state index < -0.39 is 6.10 Å². The van der Waals surface area contributed by atoms with Crippen LogP contribution in [-0.4, -0.2) is 50.3 Å². The van der Waals surface area contributed by atoms with E-state index in [1.54, 1.807) is 0 Å². The molecule has 1 aliphatic heterocycles. The highest BCUT2D eigenvalue weighted by molar-refractivity contribution is 5.81. The number of rotatable bonds is 6. The van der Waals surface area contributed by atoms with Crippen LogP contribution in [0.5, 0.6) is 5.75 Å². The van der Waals surface area contributed by atoms with Crippen molar-refractivity contribution in [3.05, 3.63) is 59.9 Å². The van der Waals surface area contributed by atoms with Crippen LogP contribution in [0, 0.1) is 6.92 Å². The van der Waals surface area contributed by atoms with Gasteiger partial charge >= 0.3 is 0 Å². The summed E-state index contributed by atoms with van der Waals surface area (Å²) in [5.41, 5.74) is 2.67. The van der Waals surface area contributed by atoms with E-state index in [1.165, 1.54) is 0 Å². The zero-order valence-electron chi connectivity index (χ0n) is 18.7. The van der Waals surface area contributed by atoms with Crippen LogP contribution in [0.15, 0.2) is 48.5 Å². The van der Waals surface area contributed by atoms with Crippen molar-refractivity contribution in [3.8, 4) is 5.75 Å². The zero-order chi connectivity index (χ0) is 22.2. The van der Waals surface area contributed by atoms with Gasteiger partial charge in [-0.1, -0.05) is 30.3 Å². The highest BCUT2D eigenvalue weighted by Crippen LogP contribution is 2.34. The number of aliphatic hydroxyl groups excluding tert-OH is 1. The molecule has 0 radical (unpaired) electrons. The smallest absolute Gasteiger partial charge is 0.223 e. The summed E-state index contributed by atoms with van der Waals surface area (Å²) >= 11 is 0. The van der Waals surface area contributed by atoms with E-state index in [-0.39, 0.29) is 24.0 Å². The number of fused-ring (bicyclic) bond motifs is 1. The van der Waals surface area contributed by atoms with Crippen LogP contribution in [0.4, 0.5) is 0 Å². The van der Waals surface area contributed by atoms with Gasteiger partial charge in [-0.2, -0.15) is 0 Å². The minimum Gasteiger partial charge on any atom is -0.491 e. The minimum absolute atomic E-state index is 0.00334. The molecule has 1 saturated heterocycles. The van der Waals surface area contributed by atoms with E-state index in [2.05, 4.69) is 25.3 Å². The largest absolute Gasteiger partial charge is 0.491 e. The molecule has 164 valence electrons.